The molecule has 1 amide bonds. The van der Waals surface area contributed by atoms with Crippen LogP contribution in [-0.4, -0.2) is 41.5 Å². The van der Waals surface area contributed by atoms with E-state index < -0.39 is 0 Å². The minimum absolute atomic E-state index is 0.0443. The number of fused-ring (bicyclic) bond motifs is 1. The quantitative estimate of drug-likeness (QED) is 0.944. The van der Waals surface area contributed by atoms with E-state index >= 15 is 0 Å². The lowest BCUT2D eigenvalue weighted by Crippen LogP contribution is -2.31. The summed E-state index contributed by atoms with van der Waals surface area (Å²) in [4.78, 5) is 20.8. The number of nitrogens with one attached hydrogen (secondary N) is 1. The van der Waals surface area contributed by atoms with Gasteiger partial charge in [0.05, 0.1) is 4.88 Å². The van der Waals surface area contributed by atoms with Gasteiger partial charge in [0.1, 0.15) is 4.83 Å². The van der Waals surface area contributed by atoms with Gasteiger partial charge < -0.3 is 10.2 Å². The summed E-state index contributed by atoms with van der Waals surface area (Å²) in [5.41, 5.74) is 0. The molecule has 1 N–H and O–H groups in total. The number of rotatable bonds is 4. The third-order valence-electron chi connectivity index (χ3n) is 4.45. The van der Waals surface area contributed by atoms with Crippen LogP contribution in [0, 0.1) is 5.92 Å². The lowest BCUT2D eigenvalue weighted by Gasteiger charge is -2.14. The van der Waals surface area contributed by atoms with E-state index in [4.69, 9.17) is 0 Å². The summed E-state index contributed by atoms with van der Waals surface area (Å²) in [6, 6.07) is 6.69. The van der Waals surface area contributed by atoms with Crippen molar-refractivity contribution in [2.45, 2.75) is 25.3 Å². The van der Waals surface area contributed by atoms with Crippen molar-refractivity contribution < 1.29 is 4.79 Å². The molecule has 1 atom stereocenters. The molecule has 0 spiro atoms. The van der Waals surface area contributed by atoms with Crippen molar-refractivity contribution >= 4 is 27.5 Å². The van der Waals surface area contributed by atoms with Crippen LogP contribution < -0.4 is 5.32 Å². The second kappa shape index (κ2) is 5.39. The molecule has 3 heterocycles. The molecule has 1 saturated carbocycles. The van der Waals surface area contributed by atoms with Gasteiger partial charge in [-0.05, 0) is 43.9 Å². The van der Waals surface area contributed by atoms with Gasteiger partial charge in [0, 0.05) is 30.7 Å². The number of hydrogen-bond acceptors (Lipinski definition) is 4. The van der Waals surface area contributed by atoms with Crippen LogP contribution in [0.4, 0.5) is 0 Å². The highest BCUT2D eigenvalue weighted by Crippen LogP contribution is 2.31. The van der Waals surface area contributed by atoms with Crippen LogP contribution in [0.5, 0.6) is 0 Å². The summed E-state index contributed by atoms with van der Waals surface area (Å²) >= 11 is 1.47. The number of hydrogen-bond donors (Lipinski definition) is 1. The van der Waals surface area contributed by atoms with Gasteiger partial charge in [-0.25, -0.2) is 4.98 Å². The SMILES string of the molecule is O=C(NCC1CCN(C2CC2)C1)c1cc2cccnc2s1. The van der Waals surface area contributed by atoms with Crippen LogP contribution in [-0.2, 0) is 0 Å². The van der Waals surface area contributed by atoms with E-state index in [-0.39, 0.29) is 5.91 Å². The molecule has 1 unspecified atom stereocenters. The Bertz CT molecular complexity index is 631. The molecule has 2 aromatic rings. The minimum atomic E-state index is 0.0443. The molecule has 2 aliphatic rings. The van der Waals surface area contributed by atoms with Gasteiger partial charge in [0.25, 0.3) is 5.91 Å². The molecule has 21 heavy (non-hydrogen) atoms. The Morgan fingerprint density at radius 3 is 3.14 bits per heavy atom. The number of carbonyl (C=O) groups is 1. The molecule has 1 aliphatic heterocycles. The number of pyridine rings is 1. The first-order valence-electron chi connectivity index (χ1n) is 7.66. The Morgan fingerprint density at radius 2 is 2.33 bits per heavy atom. The molecule has 0 bridgehead atoms. The smallest absolute Gasteiger partial charge is 0.261 e. The first kappa shape index (κ1) is 13.2. The van der Waals surface area contributed by atoms with Gasteiger partial charge in [-0.2, -0.15) is 0 Å². The summed E-state index contributed by atoms with van der Waals surface area (Å²) in [6.07, 6.45) is 5.72. The van der Waals surface area contributed by atoms with Crippen LogP contribution in [0.1, 0.15) is 28.9 Å². The lowest BCUT2D eigenvalue weighted by molar-refractivity contribution is 0.0951. The van der Waals surface area contributed by atoms with Gasteiger partial charge >= 0.3 is 0 Å². The van der Waals surface area contributed by atoms with Gasteiger partial charge in [0.15, 0.2) is 0 Å². The fourth-order valence-electron chi connectivity index (χ4n) is 3.11. The third-order valence-corrected chi connectivity index (χ3v) is 5.51. The van der Waals surface area contributed by atoms with Gasteiger partial charge in [-0.1, -0.05) is 6.07 Å². The monoisotopic (exact) mass is 301 g/mol. The van der Waals surface area contributed by atoms with Crippen molar-refractivity contribution in [2.24, 2.45) is 5.92 Å². The number of aromatic nitrogens is 1. The molecular formula is C16H19N3OS. The zero-order chi connectivity index (χ0) is 14.2. The van der Waals surface area contributed by atoms with E-state index in [1.807, 2.05) is 18.2 Å². The first-order chi connectivity index (χ1) is 10.3. The molecule has 5 heteroatoms. The number of likely N-dealkylation sites (tertiary alicyclic amines) is 1. The number of carbonyl (C=O) groups excluding carboxylic acids is 1. The van der Waals surface area contributed by atoms with Crippen LogP contribution in [0.15, 0.2) is 24.4 Å². The Morgan fingerprint density at radius 1 is 1.43 bits per heavy atom. The average Bonchev–Trinajstić information content (AvgIpc) is 3.09. The second-order valence-corrected chi connectivity index (χ2v) is 7.13. The van der Waals surface area contributed by atoms with Crippen LogP contribution in [0.25, 0.3) is 10.2 Å². The zero-order valence-electron chi connectivity index (χ0n) is 11.9. The molecule has 1 aliphatic carbocycles. The summed E-state index contributed by atoms with van der Waals surface area (Å²) in [7, 11) is 0. The molecule has 2 fully saturated rings. The topological polar surface area (TPSA) is 45.2 Å². The maximum Gasteiger partial charge on any atom is 0.261 e. The minimum Gasteiger partial charge on any atom is -0.351 e. The van der Waals surface area contributed by atoms with Gasteiger partial charge in [-0.3, -0.25) is 4.79 Å². The molecule has 4 rings (SSSR count). The largest absolute Gasteiger partial charge is 0.351 e. The molecule has 2 aromatic heterocycles. The fourth-order valence-corrected chi connectivity index (χ4v) is 4.03. The highest BCUT2D eigenvalue weighted by atomic mass is 32.1. The highest BCUT2D eigenvalue weighted by molar-refractivity contribution is 7.20. The van der Waals surface area contributed by atoms with Crippen LogP contribution in [0.2, 0.25) is 0 Å². The van der Waals surface area contributed by atoms with Crippen LogP contribution in [0.3, 0.4) is 0 Å². The molecule has 110 valence electrons. The van der Waals surface area contributed by atoms with Gasteiger partial charge in [0.2, 0.25) is 0 Å². The van der Waals surface area contributed by atoms with Crippen LogP contribution >= 0.6 is 11.3 Å². The summed E-state index contributed by atoms with van der Waals surface area (Å²) in [6.45, 7) is 3.15. The molecular weight excluding hydrogens is 282 g/mol. The standard InChI is InChI=1S/C16H19N3OS/c20-15(14-8-12-2-1-6-17-16(12)21-14)18-9-11-5-7-19(10-11)13-3-4-13/h1-2,6,8,11,13H,3-5,7,9-10H2,(H,18,20). The fraction of sp³-hybridized carbons (Fsp3) is 0.500. The lowest BCUT2D eigenvalue weighted by atomic mass is 10.1. The third kappa shape index (κ3) is 2.80. The summed E-state index contributed by atoms with van der Waals surface area (Å²) < 4.78 is 0. The van der Waals surface area contributed by atoms with E-state index in [9.17, 15) is 4.79 Å². The Hall–Kier alpha value is -1.46. The Balaban J connectivity index is 1.35. The summed E-state index contributed by atoms with van der Waals surface area (Å²) in [5.74, 6) is 0.657. The number of amides is 1. The maximum absolute atomic E-state index is 12.3. The number of nitrogens with zero attached hydrogens (tertiary/aromatic N) is 2. The van der Waals surface area contributed by atoms with Gasteiger partial charge in [-0.15, -0.1) is 11.3 Å². The molecule has 4 nitrogen and oxygen atoms in total. The van der Waals surface area contributed by atoms with E-state index in [0.717, 1.165) is 34.2 Å². The Labute approximate surface area is 128 Å². The predicted molar refractivity (Wildman–Crippen MR) is 84.7 cm³/mol. The Kier molecular flexibility index (Phi) is 3.39. The van der Waals surface area contributed by atoms with E-state index in [1.165, 1.54) is 37.1 Å². The van der Waals surface area contributed by atoms with E-state index in [1.54, 1.807) is 6.20 Å². The molecule has 0 radical (unpaired) electrons. The van der Waals surface area contributed by atoms with Crippen molar-refractivity contribution in [3.63, 3.8) is 0 Å². The van der Waals surface area contributed by atoms with E-state index in [0.29, 0.717) is 5.92 Å². The highest BCUT2D eigenvalue weighted by Gasteiger charge is 2.34. The van der Waals surface area contributed by atoms with Crippen molar-refractivity contribution in [3.05, 3.63) is 29.3 Å². The van der Waals surface area contributed by atoms with Crippen molar-refractivity contribution in [3.8, 4) is 0 Å². The normalized spacial score (nSPS) is 22.8. The molecule has 0 aromatic carbocycles. The van der Waals surface area contributed by atoms with Crippen molar-refractivity contribution in [1.29, 1.82) is 0 Å². The predicted octanol–water partition coefficient (Wildman–Crippen LogP) is 2.51. The van der Waals surface area contributed by atoms with Crippen molar-refractivity contribution in [2.75, 3.05) is 19.6 Å². The summed E-state index contributed by atoms with van der Waals surface area (Å²) in [5, 5.41) is 4.15. The number of thiophene rings is 1. The molecule has 1 saturated heterocycles. The second-order valence-electron chi connectivity index (χ2n) is 6.10. The van der Waals surface area contributed by atoms with Crippen molar-refractivity contribution in [1.82, 2.24) is 15.2 Å². The van der Waals surface area contributed by atoms with E-state index in [2.05, 4.69) is 15.2 Å². The average molecular weight is 301 g/mol. The maximum atomic E-state index is 12.3. The zero-order valence-corrected chi connectivity index (χ0v) is 12.7. The first-order valence-corrected chi connectivity index (χ1v) is 8.48.